The Kier molecular flexibility index (Phi) is 6.18. The van der Waals surface area contributed by atoms with Crippen LogP contribution in [0.5, 0.6) is 0 Å². The number of thiazole rings is 1. The van der Waals surface area contributed by atoms with E-state index in [1.807, 2.05) is 18.2 Å². The highest BCUT2D eigenvalue weighted by Gasteiger charge is 2.46. The largest absolute Gasteiger partial charge is 0.371 e. The van der Waals surface area contributed by atoms with E-state index in [2.05, 4.69) is 27.8 Å². The van der Waals surface area contributed by atoms with Crippen molar-refractivity contribution in [3.63, 3.8) is 0 Å². The number of ether oxygens (including phenoxy) is 1. The van der Waals surface area contributed by atoms with Crippen LogP contribution in [0.1, 0.15) is 52.0 Å². The molecular formula is C21H24ClN3O3S. The van der Waals surface area contributed by atoms with E-state index in [1.165, 1.54) is 16.9 Å². The standard InChI is InChI=1S/C21H24ClN3O3S/c22-11-18(26)24-13-21(14-5-2-1-3-6-14)9-15(10-21)25-19(27)17-12-23-20(29-17)16-7-4-8-28-16/h1-3,5-6,12,15-16H,4,7-11,13H2,(H,24,26)(H,25,27). The molecule has 0 spiro atoms. The van der Waals surface area contributed by atoms with Gasteiger partial charge in [0.25, 0.3) is 5.91 Å². The van der Waals surface area contributed by atoms with Crippen LogP contribution in [-0.4, -0.2) is 41.9 Å². The van der Waals surface area contributed by atoms with Crippen molar-refractivity contribution >= 4 is 34.8 Å². The van der Waals surface area contributed by atoms with Gasteiger partial charge in [-0.2, -0.15) is 0 Å². The van der Waals surface area contributed by atoms with Crippen molar-refractivity contribution in [2.45, 2.75) is 43.2 Å². The maximum atomic E-state index is 12.7. The number of carbonyl (C=O) groups excluding carboxylic acids is 2. The molecule has 1 saturated carbocycles. The predicted octanol–water partition coefficient (Wildman–Crippen LogP) is 3.18. The third kappa shape index (κ3) is 4.47. The molecule has 1 aromatic carbocycles. The number of carbonyl (C=O) groups is 2. The molecule has 0 radical (unpaired) electrons. The lowest BCUT2D eigenvalue weighted by molar-refractivity contribution is -0.119. The Bertz CT molecular complexity index is 861. The first kappa shape index (κ1) is 20.3. The summed E-state index contributed by atoms with van der Waals surface area (Å²) < 4.78 is 5.65. The van der Waals surface area contributed by atoms with Gasteiger partial charge >= 0.3 is 0 Å². The van der Waals surface area contributed by atoms with Gasteiger partial charge in [-0.05, 0) is 31.2 Å². The Labute approximate surface area is 179 Å². The average molecular weight is 434 g/mol. The van der Waals surface area contributed by atoms with Crippen LogP contribution >= 0.6 is 22.9 Å². The Morgan fingerprint density at radius 1 is 1.28 bits per heavy atom. The first-order valence-corrected chi connectivity index (χ1v) is 11.2. The third-order valence-corrected chi connectivity index (χ3v) is 7.02. The molecule has 2 aromatic rings. The molecule has 154 valence electrons. The topological polar surface area (TPSA) is 80.3 Å². The van der Waals surface area contributed by atoms with Gasteiger partial charge in [0, 0.05) is 24.6 Å². The summed E-state index contributed by atoms with van der Waals surface area (Å²) in [4.78, 5) is 29.3. The van der Waals surface area contributed by atoms with E-state index in [9.17, 15) is 9.59 Å². The lowest BCUT2D eigenvalue weighted by Crippen LogP contribution is -2.57. The van der Waals surface area contributed by atoms with Crippen LogP contribution < -0.4 is 10.6 Å². The van der Waals surface area contributed by atoms with E-state index in [1.54, 1.807) is 6.20 Å². The number of rotatable bonds is 7. The van der Waals surface area contributed by atoms with Crippen LogP contribution in [0, 0.1) is 0 Å². The molecule has 4 rings (SSSR count). The van der Waals surface area contributed by atoms with Gasteiger partial charge in [-0.15, -0.1) is 22.9 Å². The lowest BCUT2D eigenvalue weighted by Gasteiger charge is -2.48. The van der Waals surface area contributed by atoms with Gasteiger partial charge in [0.05, 0.1) is 6.20 Å². The van der Waals surface area contributed by atoms with Crippen molar-refractivity contribution in [3.05, 3.63) is 52.0 Å². The minimum Gasteiger partial charge on any atom is -0.371 e. The summed E-state index contributed by atoms with van der Waals surface area (Å²) in [5, 5.41) is 6.90. The molecule has 2 aliphatic rings. The fraction of sp³-hybridized carbons (Fsp3) is 0.476. The highest BCUT2D eigenvalue weighted by Crippen LogP contribution is 2.43. The van der Waals surface area contributed by atoms with Gasteiger partial charge < -0.3 is 15.4 Å². The fourth-order valence-corrected chi connectivity index (χ4v) is 5.14. The Hall–Kier alpha value is -1.96. The Balaban J connectivity index is 1.38. The van der Waals surface area contributed by atoms with Gasteiger partial charge in [0.2, 0.25) is 5.91 Å². The van der Waals surface area contributed by atoms with Crippen molar-refractivity contribution in [1.29, 1.82) is 0 Å². The summed E-state index contributed by atoms with van der Waals surface area (Å²) in [7, 11) is 0. The van der Waals surface area contributed by atoms with Gasteiger partial charge in [-0.25, -0.2) is 4.98 Å². The molecule has 1 aliphatic heterocycles. The molecule has 8 heteroatoms. The lowest BCUT2D eigenvalue weighted by atomic mass is 9.61. The van der Waals surface area contributed by atoms with E-state index >= 15 is 0 Å². The van der Waals surface area contributed by atoms with Gasteiger partial charge in [-0.3, -0.25) is 9.59 Å². The molecule has 1 saturated heterocycles. The van der Waals surface area contributed by atoms with Crippen molar-refractivity contribution in [1.82, 2.24) is 15.6 Å². The zero-order chi connectivity index (χ0) is 20.3. The number of alkyl halides is 1. The number of benzene rings is 1. The smallest absolute Gasteiger partial charge is 0.263 e. The summed E-state index contributed by atoms with van der Waals surface area (Å²) in [6.07, 6.45) is 5.20. The van der Waals surface area contributed by atoms with Crippen LogP contribution in [0.4, 0.5) is 0 Å². The molecule has 2 fully saturated rings. The van der Waals surface area contributed by atoms with Gasteiger partial charge in [-0.1, -0.05) is 30.3 Å². The summed E-state index contributed by atoms with van der Waals surface area (Å²) in [5.74, 6) is -0.326. The Morgan fingerprint density at radius 3 is 2.76 bits per heavy atom. The number of halogens is 1. The van der Waals surface area contributed by atoms with Gasteiger partial charge in [0.15, 0.2) is 0 Å². The summed E-state index contributed by atoms with van der Waals surface area (Å²) in [6.45, 7) is 1.27. The van der Waals surface area contributed by atoms with Crippen LogP contribution in [0.15, 0.2) is 36.5 Å². The van der Waals surface area contributed by atoms with Crippen molar-refractivity contribution < 1.29 is 14.3 Å². The maximum Gasteiger partial charge on any atom is 0.263 e. The highest BCUT2D eigenvalue weighted by atomic mass is 35.5. The molecule has 2 N–H and O–H groups in total. The average Bonchev–Trinajstić information content (AvgIpc) is 3.41. The number of hydrogen-bond donors (Lipinski definition) is 2. The first-order chi connectivity index (χ1) is 14.1. The second-order valence-corrected chi connectivity index (χ2v) is 9.03. The van der Waals surface area contributed by atoms with E-state index in [-0.39, 0.29) is 35.3 Å². The van der Waals surface area contributed by atoms with Crippen LogP contribution in [0.25, 0.3) is 0 Å². The predicted molar refractivity (Wildman–Crippen MR) is 112 cm³/mol. The number of nitrogens with zero attached hydrogens (tertiary/aromatic N) is 1. The molecule has 0 bridgehead atoms. The van der Waals surface area contributed by atoms with Crippen LogP contribution in [0.2, 0.25) is 0 Å². The van der Waals surface area contributed by atoms with Crippen molar-refractivity contribution in [2.24, 2.45) is 0 Å². The monoisotopic (exact) mass is 433 g/mol. The number of aromatic nitrogens is 1. The molecule has 1 atom stereocenters. The number of amides is 2. The molecule has 29 heavy (non-hydrogen) atoms. The van der Waals surface area contributed by atoms with E-state index in [4.69, 9.17) is 16.3 Å². The van der Waals surface area contributed by atoms with E-state index < -0.39 is 0 Å². The Morgan fingerprint density at radius 2 is 2.07 bits per heavy atom. The SMILES string of the molecule is O=C(CCl)NCC1(c2ccccc2)CC(NC(=O)c2cnc(C3CCCO3)s2)C1. The van der Waals surface area contributed by atoms with Crippen molar-refractivity contribution in [3.8, 4) is 0 Å². The number of nitrogens with one attached hydrogen (secondary N) is 2. The second kappa shape index (κ2) is 8.81. The summed E-state index contributed by atoms with van der Waals surface area (Å²) in [6, 6.07) is 10.2. The van der Waals surface area contributed by atoms with Crippen molar-refractivity contribution in [2.75, 3.05) is 19.0 Å². The molecule has 1 unspecified atom stereocenters. The first-order valence-electron chi connectivity index (χ1n) is 9.86. The zero-order valence-corrected chi connectivity index (χ0v) is 17.6. The molecule has 2 heterocycles. The number of hydrogen-bond acceptors (Lipinski definition) is 5. The fourth-order valence-electron chi connectivity index (χ4n) is 4.14. The van der Waals surface area contributed by atoms with E-state index in [0.717, 1.165) is 37.3 Å². The summed E-state index contributed by atoms with van der Waals surface area (Å²) >= 11 is 7.03. The normalized spacial score (nSPS) is 26.0. The maximum absolute atomic E-state index is 12.7. The second-order valence-electron chi connectivity index (χ2n) is 7.70. The molecule has 1 aliphatic carbocycles. The van der Waals surface area contributed by atoms with Gasteiger partial charge in [0.1, 0.15) is 21.9 Å². The zero-order valence-electron chi connectivity index (χ0n) is 16.0. The minimum absolute atomic E-state index is 0.0292. The highest BCUT2D eigenvalue weighted by molar-refractivity contribution is 7.13. The summed E-state index contributed by atoms with van der Waals surface area (Å²) in [5.41, 5.74) is 0.983. The third-order valence-electron chi connectivity index (χ3n) is 5.69. The molecule has 1 aromatic heterocycles. The van der Waals surface area contributed by atoms with Crippen LogP contribution in [0.3, 0.4) is 0 Å². The van der Waals surface area contributed by atoms with E-state index in [0.29, 0.717) is 11.4 Å². The molecular weight excluding hydrogens is 410 g/mol. The molecule has 6 nitrogen and oxygen atoms in total. The quantitative estimate of drug-likeness (QED) is 0.657. The van der Waals surface area contributed by atoms with Crippen LogP contribution in [-0.2, 0) is 14.9 Å². The molecule has 2 amide bonds. The minimum atomic E-state index is -0.183.